The molecule has 3 fully saturated rings. The molecule has 0 bridgehead atoms. The van der Waals surface area contributed by atoms with E-state index in [-0.39, 0.29) is 22.2 Å². The number of ether oxygens (including phenoxy) is 1. The molecule has 4 rings (SSSR count). The highest BCUT2D eigenvalue weighted by Crippen LogP contribution is 2.33. The van der Waals surface area contributed by atoms with E-state index in [1.165, 1.54) is 41.9 Å². The van der Waals surface area contributed by atoms with E-state index in [0.717, 1.165) is 17.3 Å². The van der Waals surface area contributed by atoms with Gasteiger partial charge in [0.05, 0.1) is 10.6 Å². The van der Waals surface area contributed by atoms with Crippen molar-refractivity contribution in [2.45, 2.75) is 91.2 Å². The van der Waals surface area contributed by atoms with Crippen LogP contribution in [0.2, 0.25) is 0 Å². The Morgan fingerprint density at radius 1 is 1.15 bits per heavy atom. The van der Waals surface area contributed by atoms with Crippen LogP contribution in [0.5, 0.6) is 0 Å². The molecule has 9 nitrogen and oxygen atoms in total. The highest BCUT2D eigenvalue weighted by molar-refractivity contribution is 7.15. The number of terminal acetylenes is 1. The number of hydrogen-bond donors (Lipinski definition) is 2. The molecule has 0 spiro atoms. The molecule has 0 radical (unpaired) electrons. The average molecular weight is 586 g/mol. The Kier molecular flexibility index (Phi) is 13.2. The van der Waals surface area contributed by atoms with Crippen LogP contribution in [-0.4, -0.2) is 66.2 Å². The van der Waals surface area contributed by atoms with Crippen LogP contribution in [-0.2, 0) is 14.3 Å². The van der Waals surface area contributed by atoms with Gasteiger partial charge in [-0.3, -0.25) is 9.59 Å². The number of carbonyl (C=O) groups is 4. The first-order valence-electron chi connectivity index (χ1n) is 14.2. The molecule has 2 aliphatic heterocycles. The zero-order valence-corrected chi connectivity index (χ0v) is 25.4. The number of carboxylic acid groups (broad SMARTS) is 1. The van der Waals surface area contributed by atoms with Crippen LogP contribution in [0.25, 0.3) is 0 Å². The molecule has 0 aromatic carbocycles. The number of thiophene rings is 1. The van der Waals surface area contributed by atoms with E-state index < -0.39 is 18.2 Å². The summed E-state index contributed by atoms with van der Waals surface area (Å²) in [6, 6.07) is 1.38. The summed E-state index contributed by atoms with van der Waals surface area (Å²) < 4.78 is 5.28. The third-order valence-corrected chi connectivity index (χ3v) is 8.14. The van der Waals surface area contributed by atoms with Crippen molar-refractivity contribution in [1.82, 2.24) is 10.2 Å². The number of amides is 3. The fourth-order valence-electron chi connectivity index (χ4n) is 4.89. The van der Waals surface area contributed by atoms with Crippen molar-refractivity contribution in [2.75, 3.05) is 24.5 Å². The van der Waals surface area contributed by atoms with E-state index in [0.29, 0.717) is 55.9 Å². The van der Waals surface area contributed by atoms with Gasteiger partial charge in [-0.2, -0.15) is 0 Å². The summed E-state index contributed by atoms with van der Waals surface area (Å²) in [5.74, 6) is 5.72. The van der Waals surface area contributed by atoms with E-state index in [9.17, 15) is 24.3 Å². The Morgan fingerprint density at radius 2 is 1.78 bits per heavy atom. The highest BCUT2D eigenvalue weighted by Gasteiger charge is 2.34. The van der Waals surface area contributed by atoms with Crippen LogP contribution < -0.4 is 10.2 Å². The van der Waals surface area contributed by atoms with Gasteiger partial charge >= 0.3 is 12.1 Å². The summed E-state index contributed by atoms with van der Waals surface area (Å²) in [5.41, 5.74) is 0.0813. The number of carbonyl (C=O) groups excluding carboxylic acids is 3. The number of hydrogen-bond acceptors (Lipinski definition) is 6. The second-order valence-corrected chi connectivity index (χ2v) is 12.6. The molecule has 1 aromatic heterocycles. The van der Waals surface area contributed by atoms with Gasteiger partial charge in [0.15, 0.2) is 6.10 Å². The standard InChI is InChI=1S/C22H27N3O6S.C7H14.C2H2/c1-22(2,3)8-4-15-12-16(18(32-15)20(28)29)25(13-26)14-6-10-24(11-7-14)21(30)31-17-5-9-23-19(17)27;1-7-5-3-2-4-6-7;1-2/h12-14,17H,5-7,9-11H2,1-3H3,(H,23,27)(H,28,29);7H,2-6H2,1H3;1-2H/t17-;;/m0../s1. The van der Waals surface area contributed by atoms with Gasteiger partial charge in [0, 0.05) is 37.5 Å². The minimum atomic E-state index is -1.11. The van der Waals surface area contributed by atoms with Crippen LogP contribution in [0.3, 0.4) is 0 Å². The first kappa shape index (κ1) is 33.7. The molecule has 1 aromatic rings. The van der Waals surface area contributed by atoms with Gasteiger partial charge in [-0.15, -0.1) is 24.2 Å². The number of anilines is 1. The molecule has 2 saturated heterocycles. The number of aromatic carboxylic acids is 1. The number of likely N-dealkylation sites (tertiary alicyclic amines) is 1. The van der Waals surface area contributed by atoms with Crippen LogP contribution in [0, 0.1) is 36.0 Å². The Balaban J connectivity index is 0.000000561. The van der Waals surface area contributed by atoms with Gasteiger partial charge in [-0.25, -0.2) is 9.59 Å². The van der Waals surface area contributed by atoms with E-state index in [1.54, 1.807) is 6.07 Å². The summed E-state index contributed by atoms with van der Waals surface area (Å²) in [6.07, 6.45) is 16.1. The maximum atomic E-state index is 12.4. The van der Waals surface area contributed by atoms with Gasteiger partial charge in [0.25, 0.3) is 5.91 Å². The van der Waals surface area contributed by atoms with Crippen molar-refractivity contribution in [3.05, 3.63) is 15.8 Å². The van der Waals surface area contributed by atoms with Crippen molar-refractivity contribution >= 4 is 41.4 Å². The number of nitrogens with one attached hydrogen (secondary N) is 1. The normalized spacial score (nSPS) is 19.2. The van der Waals surface area contributed by atoms with Crippen LogP contribution in [0.15, 0.2) is 6.07 Å². The zero-order valence-electron chi connectivity index (χ0n) is 24.6. The molecule has 41 heavy (non-hydrogen) atoms. The number of rotatable bonds is 5. The summed E-state index contributed by atoms with van der Waals surface area (Å²) in [7, 11) is 0. The van der Waals surface area contributed by atoms with Gasteiger partial charge < -0.3 is 25.0 Å². The minimum Gasteiger partial charge on any atom is -0.477 e. The van der Waals surface area contributed by atoms with Crippen LogP contribution in [0.4, 0.5) is 10.5 Å². The first-order valence-corrected chi connectivity index (χ1v) is 15.0. The van der Waals surface area contributed by atoms with Crippen molar-refractivity contribution in [2.24, 2.45) is 11.3 Å². The molecular formula is C31H43N3O6S. The van der Waals surface area contributed by atoms with E-state index in [2.05, 4.69) is 36.9 Å². The largest absolute Gasteiger partial charge is 0.477 e. The lowest BCUT2D eigenvalue weighted by Crippen LogP contribution is -2.47. The molecule has 3 amide bonds. The molecule has 0 unspecified atom stereocenters. The molecule has 224 valence electrons. The summed E-state index contributed by atoms with van der Waals surface area (Å²) in [4.78, 5) is 51.3. The Morgan fingerprint density at radius 3 is 2.24 bits per heavy atom. The van der Waals surface area contributed by atoms with Crippen molar-refractivity contribution in [3.8, 4) is 24.7 Å². The molecule has 1 atom stereocenters. The number of carboxylic acids is 1. The van der Waals surface area contributed by atoms with Gasteiger partial charge in [0.2, 0.25) is 6.41 Å². The molecule has 10 heteroatoms. The Bertz CT molecular complexity index is 1130. The topological polar surface area (TPSA) is 116 Å². The molecule has 1 saturated carbocycles. The lowest BCUT2D eigenvalue weighted by Gasteiger charge is -2.36. The van der Waals surface area contributed by atoms with Gasteiger partial charge in [0.1, 0.15) is 4.88 Å². The first-order chi connectivity index (χ1) is 19.5. The molecule has 2 N–H and O–H groups in total. The molecule has 3 heterocycles. The maximum Gasteiger partial charge on any atom is 0.410 e. The van der Waals surface area contributed by atoms with E-state index in [1.807, 2.05) is 20.8 Å². The third-order valence-electron chi connectivity index (χ3n) is 7.11. The average Bonchev–Trinajstić information content (AvgIpc) is 3.56. The summed E-state index contributed by atoms with van der Waals surface area (Å²) >= 11 is 1.04. The molecular weight excluding hydrogens is 542 g/mol. The van der Waals surface area contributed by atoms with E-state index in [4.69, 9.17) is 4.74 Å². The third kappa shape index (κ3) is 10.4. The lowest BCUT2D eigenvalue weighted by atomic mass is 9.91. The predicted octanol–water partition coefficient (Wildman–Crippen LogP) is 5.13. The smallest absolute Gasteiger partial charge is 0.410 e. The maximum absolute atomic E-state index is 12.4. The highest BCUT2D eigenvalue weighted by atomic mass is 32.1. The van der Waals surface area contributed by atoms with Crippen LogP contribution >= 0.6 is 11.3 Å². The van der Waals surface area contributed by atoms with Crippen LogP contribution in [0.1, 0.15) is 93.6 Å². The monoisotopic (exact) mass is 585 g/mol. The van der Waals surface area contributed by atoms with Crippen molar-refractivity contribution in [3.63, 3.8) is 0 Å². The second-order valence-electron chi connectivity index (χ2n) is 11.6. The zero-order chi connectivity index (χ0) is 30.6. The second kappa shape index (κ2) is 16.1. The fraction of sp³-hybridized carbons (Fsp3) is 0.613. The Labute approximate surface area is 248 Å². The molecule has 3 aliphatic rings. The quantitative estimate of drug-likeness (QED) is 0.366. The van der Waals surface area contributed by atoms with Gasteiger partial charge in [-0.05, 0) is 45.6 Å². The SMILES string of the molecule is C#C.CC(C)(C)C#Cc1cc(N(C=O)C2CCN(C(=O)O[C@H]3CCNC3=O)CC2)c(C(=O)O)s1.CC1CCCCC1. The van der Waals surface area contributed by atoms with Crippen molar-refractivity contribution in [1.29, 1.82) is 0 Å². The summed E-state index contributed by atoms with van der Waals surface area (Å²) in [5, 5.41) is 12.3. The number of piperidine rings is 1. The predicted molar refractivity (Wildman–Crippen MR) is 161 cm³/mol. The van der Waals surface area contributed by atoms with Gasteiger partial charge in [-0.1, -0.05) is 50.9 Å². The molecule has 1 aliphatic carbocycles. The van der Waals surface area contributed by atoms with E-state index >= 15 is 0 Å². The Hall–Kier alpha value is -3.50. The minimum absolute atomic E-state index is 0.0596. The van der Waals surface area contributed by atoms with Crippen molar-refractivity contribution < 1.29 is 29.0 Å². The summed E-state index contributed by atoms with van der Waals surface area (Å²) in [6.45, 7) is 9.41. The fourth-order valence-corrected chi connectivity index (χ4v) is 5.74. The number of nitrogens with zero attached hydrogens (tertiary/aromatic N) is 2. The lowest BCUT2D eigenvalue weighted by molar-refractivity contribution is -0.126.